The van der Waals surface area contributed by atoms with Crippen LogP contribution in [0.25, 0.3) is 0 Å². The predicted octanol–water partition coefficient (Wildman–Crippen LogP) is 2.57. The molecule has 0 unspecified atom stereocenters. The number of benzene rings is 1. The maximum Gasteiger partial charge on any atom is 0.254 e. The molecule has 0 fully saturated rings. The van der Waals surface area contributed by atoms with Crippen molar-refractivity contribution in [1.82, 2.24) is 14.5 Å². The van der Waals surface area contributed by atoms with Crippen molar-refractivity contribution in [3.05, 3.63) is 45.7 Å². The van der Waals surface area contributed by atoms with Crippen molar-refractivity contribution in [3.63, 3.8) is 0 Å². The number of carbonyl (C=O) groups excluding carboxylic acids is 1. The Hall–Kier alpha value is -1.82. The van der Waals surface area contributed by atoms with Crippen LogP contribution in [0.2, 0.25) is 0 Å². The molecule has 2 rings (SSSR count). The minimum Gasteiger partial charge on any atom is -0.336 e. The molecule has 0 spiro atoms. The van der Waals surface area contributed by atoms with Gasteiger partial charge in [0.15, 0.2) is 0 Å². The van der Waals surface area contributed by atoms with E-state index in [-0.39, 0.29) is 11.7 Å². The summed E-state index contributed by atoms with van der Waals surface area (Å²) in [6.45, 7) is 3.94. The average molecular weight is 279 g/mol. The van der Waals surface area contributed by atoms with Gasteiger partial charge in [0.2, 0.25) is 0 Å². The van der Waals surface area contributed by atoms with Crippen molar-refractivity contribution in [2.45, 2.75) is 20.4 Å². The monoisotopic (exact) mass is 279 g/mol. The fraction of sp³-hybridized carbons (Fsp3) is 0.308. The second-order valence-electron chi connectivity index (χ2n) is 4.41. The largest absolute Gasteiger partial charge is 0.336 e. The van der Waals surface area contributed by atoms with Gasteiger partial charge in [0.05, 0.1) is 17.1 Å². The summed E-state index contributed by atoms with van der Waals surface area (Å²) in [5.74, 6) is -0.582. The number of hydrogen-bond donors (Lipinski definition) is 0. The molecule has 0 saturated heterocycles. The van der Waals surface area contributed by atoms with Gasteiger partial charge in [-0.2, -0.15) is 0 Å². The molecule has 1 aromatic heterocycles. The second-order valence-corrected chi connectivity index (χ2v) is 5.25. The molecule has 4 nitrogen and oxygen atoms in total. The van der Waals surface area contributed by atoms with Gasteiger partial charge < -0.3 is 4.90 Å². The van der Waals surface area contributed by atoms with E-state index in [2.05, 4.69) is 9.59 Å². The molecule has 0 aliphatic carbocycles. The van der Waals surface area contributed by atoms with Crippen molar-refractivity contribution in [2.75, 3.05) is 7.05 Å². The number of halogens is 1. The maximum atomic E-state index is 13.5. The molecule has 19 heavy (non-hydrogen) atoms. The van der Waals surface area contributed by atoms with Gasteiger partial charge in [0.1, 0.15) is 5.82 Å². The second kappa shape index (κ2) is 5.44. The summed E-state index contributed by atoms with van der Waals surface area (Å²) in [4.78, 5) is 14.6. The number of carbonyl (C=O) groups is 1. The lowest BCUT2D eigenvalue weighted by Crippen LogP contribution is -2.26. The molecule has 1 aromatic carbocycles. The summed E-state index contributed by atoms with van der Waals surface area (Å²) in [5.41, 5.74) is 1.70. The third-order valence-corrected chi connectivity index (χ3v) is 3.70. The van der Waals surface area contributed by atoms with E-state index in [1.54, 1.807) is 26.1 Å². The summed E-state index contributed by atoms with van der Waals surface area (Å²) in [5, 5.41) is 3.90. The van der Waals surface area contributed by atoms with Gasteiger partial charge in [-0.05, 0) is 43.1 Å². The number of amides is 1. The Morgan fingerprint density at radius 3 is 2.74 bits per heavy atom. The van der Waals surface area contributed by atoms with Crippen LogP contribution in [0.1, 0.15) is 26.5 Å². The van der Waals surface area contributed by atoms with Gasteiger partial charge >= 0.3 is 0 Å². The van der Waals surface area contributed by atoms with Crippen LogP contribution in [0.4, 0.5) is 4.39 Å². The molecular weight excluding hydrogens is 265 g/mol. The van der Waals surface area contributed by atoms with E-state index in [9.17, 15) is 9.18 Å². The van der Waals surface area contributed by atoms with E-state index >= 15 is 0 Å². The lowest BCUT2D eigenvalue weighted by molar-refractivity contribution is 0.0785. The Kier molecular flexibility index (Phi) is 3.90. The van der Waals surface area contributed by atoms with E-state index < -0.39 is 0 Å². The highest BCUT2D eigenvalue weighted by molar-refractivity contribution is 7.05. The molecule has 0 radical (unpaired) electrons. The van der Waals surface area contributed by atoms with Crippen LogP contribution < -0.4 is 0 Å². The first-order valence-corrected chi connectivity index (χ1v) is 6.56. The Labute approximate surface area is 115 Å². The smallest absolute Gasteiger partial charge is 0.254 e. The summed E-state index contributed by atoms with van der Waals surface area (Å²) in [7, 11) is 1.68. The van der Waals surface area contributed by atoms with Crippen LogP contribution in [-0.2, 0) is 6.54 Å². The highest BCUT2D eigenvalue weighted by Crippen LogP contribution is 2.15. The fourth-order valence-electron chi connectivity index (χ4n) is 1.63. The van der Waals surface area contributed by atoms with Crippen LogP contribution in [0.15, 0.2) is 18.2 Å². The van der Waals surface area contributed by atoms with Crippen molar-refractivity contribution >= 4 is 17.4 Å². The third kappa shape index (κ3) is 2.96. The normalized spacial score (nSPS) is 10.5. The zero-order valence-electron chi connectivity index (χ0n) is 11.0. The zero-order chi connectivity index (χ0) is 14.0. The molecule has 100 valence electrons. The lowest BCUT2D eigenvalue weighted by Gasteiger charge is -2.16. The van der Waals surface area contributed by atoms with Crippen molar-refractivity contribution in [3.8, 4) is 0 Å². The first kappa shape index (κ1) is 13.6. The zero-order valence-corrected chi connectivity index (χ0v) is 11.8. The van der Waals surface area contributed by atoms with Crippen LogP contribution in [-0.4, -0.2) is 27.4 Å². The summed E-state index contributed by atoms with van der Waals surface area (Å²) in [6.07, 6.45) is 0. The Bertz CT molecular complexity index is 612. The predicted molar refractivity (Wildman–Crippen MR) is 71.6 cm³/mol. The Balaban J connectivity index is 2.15. The minimum absolute atomic E-state index is 0.216. The fourth-order valence-corrected chi connectivity index (χ4v) is 2.32. The average Bonchev–Trinajstić information content (AvgIpc) is 2.77. The number of nitrogens with zero attached hydrogens (tertiary/aromatic N) is 3. The molecular formula is C13H14FN3OS. The molecule has 0 bridgehead atoms. The highest BCUT2D eigenvalue weighted by Gasteiger charge is 2.15. The molecule has 6 heteroatoms. The van der Waals surface area contributed by atoms with E-state index in [1.165, 1.54) is 22.5 Å². The molecule has 1 amide bonds. The molecule has 0 aliphatic rings. The number of rotatable bonds is 3. The maximum absolute atomic E-state index is 13.5. The summed E-state index contributed by atoms with van der Waals surface area (Å²) >= 11 is 1.27. The lowest BCUT2D eigenvalue weighted by atomic mass is 10.1. The molecule has 0 N–H and O–H groups in total. The van der Waals surface area contributed by atoms with Gasteiger partial charge in [-0.1, -0.05) is 10.6 Å². The van der Waals surface area contributed by atoms with Gasteiger partial charge in [0.25, 0.3) is 5.91 Å². The number of aryl methyl sites for hydroxylation is 2. The molecule has 0 saturated carbocycles. The van der Waals surface area contributed by atoms with Crippen LogP contribution in [0.3, 0.4) is 0 Å². The standard InChI is InChI=1S/C13H14FN3OS/c1-8-4-5-10(6-11(8)14)13(18)17(3)7-12-9(2)15-16-19-12/h4-6H,7H2,1-3H3. The van der Waals surface area contributed by atoms with E-state index in [4.69, 9.17) is 0 Å². The summed E-state index contributed by atoms with van der Waals surface area (Å²) < 4.78 is 17.3. The number of hydrogen-bond acceptors (Lipinski definition) is 4. The Morgan fingerprint density at radius 2 is 2.16 bits per heavy atom. The topological polar surface area (TPSA) is 46.1 Å². The third-order valence-electron chi connectivity index (χ3n) is 2.89. The molecule has 1 heterocycles. The van der Waals surface area contributed by atoms with Crippen molar-refractivity contribution in [2.24, 2.45) is 0 Å². The van der Waals surface area contributed by atoms with Crippen LogP contribution in [0, 0.1) is 19.7 Å². The van der Waals surface area contributed by atoms with E-state index in [0.717, 1.165) is 10.6 Å². The van der Waals surface area contributed by atoms with Gasteiger partial charge in [-0.25, -0.2) is 4.39 Å². The van der Waals surface area contributed by atoms with E-state index in [0.29, 0.717) is 17.7 Å². The molecule has 0 aliphatic heterocycles. The highest BCUT2D eigenvalue weighted by atomic mass is 32.1. The molecule has 0 atom stereocenters. The first-order chi connectivity index (χ1) is 8.99. The molecule has 2 aromatic rings. The Morgan fingerprint density at radius 1 is 1.42 bits per heavy atom. The SMILES string of the molecule is Cc1ccc(C(=O)N(C)Cc2snnc2C)cc1F. The first-order valence-electron chi connectivity index (χ1n) is 5.78. The van der Waals surface area contributed by atoms with Crippen molar-refractivity contribution in [1.29, 1.82) is 0 Å². The van der Waals surface area contributed by atoms with Crippen LogP contribution in [0.5, 0.6) is 0 Å². The number of aromatic nitrogens is 2. The van der Waals surface area contributed by atoms with E-state index in [1.807, 2.05) is 6.92 Å². The quantitative estimate of drug-likeness (QED) is 0.867. The summed E-state index contributed by atoms with van der Waals surface area (Å²) in [6, 6.07) is 4.51. The minimum atomic E-state index is -0.366. The van der Waals surface area contributed by atoms with Gasteiger partial charge in [-0.3, -0.25) is 4.79 Å². The van der Waals surface area contributed by atoms with Gasteiger partial charge in [-0.15, -0.1) is 5.10 Å². The van der Waals surface area contributed by atoms with Crippen LogP contribution >= 0.6 is 11.5 Å². The van der Waals surface area contributed by atoms with Gasteiger partial charge in [0, 0.05) is 12.6 Å². The van der Waals surface area contributed by atoms with Crippen molar-refractivity contribution < 1.29 is 9.18 Å².